The molecule has 1 aliphatic rings. The highest BCUT2D eigenvalue weighted by Gasteiger charge is 2.31. The molecule has 192 valence electrons. The van der Waals surface area contributed by atoms with Gasteiger partial charge in [-0.3, -0.25) is 4.79 Å². The lowest BCUT2D eigenvalue weighted by Crippen LogP contribution is -2.29. The zero-order valence-electron chi connectivity index (χ0n) is 20.5. The third kappa shape index (κ3) is 4.63. The van der Waals surface area contributed by atoms with Crippen molar-refractivity contribution in [1.29, 1.82) is 0 Å². The van der Waals surface area contributed by atoms with Gasteiger partial charge in [-0.2, -0.15) is 4.68 Å². The molecule has 5 aromatic rings. The summed E-state index contributed by atoms with van der Waals surface area (Å²) in [5, 5.41) is 16.6. The number of aromatic amines is 1. The number of nitrogen functional groups attached to an aromatic ring is 1. The van der Waals surface area contributed by atoms with Gasteiger partial charge in [0.25, 0.3) is 5.56 Å². The van der Waals surface area contributed by atoms with Crippen molar-refractivity contribution in [1.82, 2.24) is 40.0 Å². The van der Waals surface area contributed by atoms with Crippen LogP contribution in [0.5, 0.6) is 5.88 Å². The predicted molar refractivity (Wildman–Crippen MR) is 142 cm³/mol. The smallest absolute Gasteiger partial charge is 0.268 e. The fraction of sp³-hybridized carbons (Fsp3) is 0.231. The minimum atomic E-state index is -0.390. The van der Waals surface area contributed by atoms with E-state index in [1.165, 1.54) is 28.9 Å². The minimum Gasteiger partial charge on any atom is -0.480 e. The summed E-state index contributed by atoms with van der Waals surface area (Å²) in [5.41, 5.74) is 9.74. The molecule has 1 fully saturated rings. The number of benzene rings is 2. The number of hydrogen-bond donors (Lipinski definition) is 2. The Labute approximate surface area is 222 Å². The molecule has 3 N–H and O–H groups in total. The standard InChI is InChI=1S/C26H24ClN9O2/c1-38-26-20(19-11-17(27)6-9-22(19)35-14-30-33-34-35)12-24(37)36(32-26)23(10-15-2-3-15)25-29-13-21(31-25)16-4-7-18(28)8-5-16/h4-9,11-15,23H,2-3,10,28H2,1H3,(H,29,31)/t23-/m0/s1. The van der Waals surface area contributed by atoms with Crippen molar-refractivity contribution in [3.63, 3.8) is 0 Å². The van der Waals surface area contributed by atoms with Gasteiger partial charge in [-0.1, -0.05) is 36.6 Å². The number of anilines is 1. The molecule has 0 amide bonds. The van der Waals surface area contributed by atoms with Crippen LogP contribution in [0.25, 0.3) is 28.1 Å². The lowest BCUT2D eigenvalue weighted by Gasteiger charge is -2.19. The molecule has 1 atom stereocenters. The molecule has 0 unspecified atom stereocenters. The van der Waals surface area contributed by atoms with Crippen molar-refractivity contribution in [3.05, 3.63) is 82.3 Å². The lowest BCUT2D eigenvalue weighted by molar-refractivity contribution is 0.356. The normalized spacial score (nSPS) is 13.9. The Morgan fingerprint density at radius 2 is 1.97 bits per heavy atom. The Hall–Kier alpha value is -4.51. The molecule has 0 radical (unpaired) electrons. The maximum absolute atomic E-state index is 13.6. The summed E-state index contributed by atoms with van der Waals surface area (Å²) in [6.45, 7) is 0. The molecule has 1 saturated carbocycles. The van der Waals surface area contributed by atoms with Crippen LogP contribution in [0.3, 0.4) is 0 Å². The average molecular weight is 530 g/mol. The highest BCUT2D eigenvalue weighted by atomic mass is 35.5. The first-order valence-electron chi connectivity index (χ1n) is 12.1. The van der Waals surface area contributed by atoms with Crippen molar-refractivity contribution >= 4 is 17.3 Å². The van der Waals surface area contributed by atoms with Crippen LogP contribution in [0.2, 0.25) is 5.02 Å². The van der Waals surface area contributed by atoms with E-state index < -0.39 is 0 Å². The number of ether oxygens (including phenoxy) is 1. The van der Waals surface area contributed by atoms with E-state index in [9.17, 15) is 4.79 Å². The van der Waals surface area contributed by atoms with Crippen molar-refractivity contribution in [3.8, 4) is 34.0 Å². The molecule has 3 aromatic heterocycles. The molecule has 38 heavy (non-hydrogen) atoms. The second-order valence-electron chi connectivity index (χ2n) is 9.26. The zero-order valence-corrected chi connectivity index (χ0v) is 21.2. The van der Waals surface area contributed by atoms with Gasteiger partial charge in [0.15, 0.2) is 0 Å². The van der Waals surface area contributed by atoms with E-state index in [0.717, 1.165) is 30.5 Å². The van der Waals surface area contributed by atoms with Crippen molar-refractivity contribution < 1.29 is 4.74 Å². The number of nitrogens with two attached hydrogens (primary N) is 1. The first kappa shape index (κ1) is 23.9. The zero-order chi connectivity index (χ0) is 26.2. The third-order valence-electron chi connectivity index (χ3n) is 6.64. The van der Waals surface area contributed by atoms with Crippen LogP contribution in [0.1, 0.15) is 31.1 Å². The molecule has 0 bridgehead atoms. The van der Waals surface area contributed by atoms with E-state index >= 15 is 0 Å². The first-order valence-corrected chi connectivity index (χ1v) is 12.5. The maximum atomic E-state index is 13.6. The molecule has 0 saturated heterocycles. The number of rotatable bonds is 8. The SMILES string of the molecule is COc1nn([C@@H](CC2CC2)c2ncc(-c3ccc(N)cc3)[nH]2)c(=O)cc1-c1cc(Cl)ccc1-n1cnnn1. The summed E-state index contributed by atoms with van der Waals surface area (Å²) >= 11 is 6.33. The Balaban J connectivity index is 1.44. The Morgan fingerprint density at radius 1 is 1.16 bits per heavy atom. The molecule has 11 nitrogen and oxygen atoms in total. The number of halogens is 1. The van der Waals surface area contributed by atoms with Crippen LogP contribution < -0.4 is 16.0 Å². The fourth-order valence-electron chi connectivity index (χ4n) is 4.53. The van der Waals surface area contributed by atoms with Crippen LogP contribution in [-0.2, 0) is 0 Å². The number of H-pyrrole nitrogens is 1. The van der Waals surface area contributed by atoms with Crippen LogP contribution in [0.4, 0.5) is 5.69 Å². The van der Waals surface area contributed by atoms with Crippen molar-refractivity contribution in [2.45, 2.75) is 25.3 Å². The average Bonchev–Trinajstić information content (AvgIpc) is 3.36. The second-order valence-corrected chi connectivity index (χ2v) is 9.70. The highest BCUT2D eigenvalue weighted by molar-refractivity contribution is 6.31. The van der Waals surface area contributed by atoms with E-state index in [-0.39, 0.29) is 17.5 Å². The second kappa shape index (κ2) is 9.75. The summed E-state index contributed by atoms with van der Waals surface area (Å²) in [6, 6.07) is 13.9. The maximum Gasteiger partial charge on any atom is 0.268 e. The van der Waals surface area contributed by atoms with Gasteiger partial charge in [-0.05, 0) is 58.7 Å². The predicted octanol–water partition coefficient (Wildman–Crippen LogP) is 3.91. The van der Waals surface area contributed by atoms with Crippen LogP contribution in [0, 0.1) is 5.92 Å². The molecular formula is C26H24ClN9O2. The number of imidazole rings is 1. The lowest BCUT2D eigenvalue weighted by atomic mass is 10.0. The van der Waals surface area contributed by atoms with Crippen LogP contribution in [0.15, 0.2) is 65.8 Å². The van der Waals surface area contributed by atoms with E-state index in [1.54, 1.807) is 24.4 Å². The van der Waals surface area contributed by atoms with E-state index in [4.69, 9.17) is 22.1 Å². The molecule has 6 rings (SSSR count). The van der Waals surface area contributed by atoms with Gasteiger partial charge >= 0.3 is 0 Å². The number of nitrogens with one attached hydrogen (secondary N) is 1. The summed E-state index contributed by atoms with van der Waals surface area (Å²) in [4.78, 5) is 21.6. The van der Waals surface area contributed by atoms with Gasteiger partial charge in [0.05, 0.1) is 30.3 Å². The van der Waals surface area contributed by atoms with Crippen LogP contribution in [-0.4, -0.2) is 47.1 Å². The summed E-state index contributed by atoms with van der Waals surface area (Å²) in [7, 11) is 1.52. The third-order valence-corrected chi connectivity index (χ3v) is 6.88. The first-order chi connectivity index (χ1) is 18.5. The van der Waals surface area contributed by atoms with Crippen molar-refractivity contribution in [2.75, 3.05) is 12.8 Å². The number of nitrogens with zero attached hydrogens (tertiary/aromatic N) is 7. The largest absolute Gasteiger partial charge is 0.480 e. The number of methoxy groups -OCH3 is 1. The fourth-order valence-corrected chi connectivity index (χ4v) is 4.70. The molecule has 2 aromatic carbocycles. The van der Waals surface area contributed by atoms with Gasteiger partial charge < -0.3 is 15.5 Å². The summed E-state index contributed by atoms with van der Waals surface area (Å²) in [6.07, 6.45) is 6.20. The number of aromatic nitrogens is 8. The number of tetrazole rings is 1. The molecule has 0 aliphatic heterocycles. The van der Waals surface area contributed by atoms with E-state index in [0.29, 0.717) is 39.3 Å². The van der Waals surface area contributed by atoms with Crippen LogP contribution >= 0.6 is 11.6 Å². The van der Waals surface area contributed by atoms with E-state index in [2.05, 4.69) is 30.6 Å². The monoisotopic (exact) mass is 529 g/mol. The molecule has 12 heteroatoms. The summed E-state index contributed by atoms with van der Waals surface area (Å²) < 4.78 is 8.63. The number of hydrogen-bond acceptors (Lipinski definition) is 8. The Morgan fingerprint density at radius 3 is 2.68 bits per heavy atom. The van der Waals surface area contributed by atoms with Crippen molar-refractivity contribution in [2.24, 2.45) is 5.92 Å². The topological polar surface area (TPSA) is 142 Å². The van der Waals surface area contributed by atoms with Gasteiger partial charge in [0.1, 0.15) is 18.2 Å². The molecule has 0 spiro atoms. The quantitative estimate of drug-likeness (QED) is 0.288. The molecular weight excluding hydrogens is 506 g/mol. The van der Waals surface area contributed by atoms with Gasteiger partial charge in [-0.25, -0.2) is 9.67 Å². The molecule has 1 aliphatic carbocycles. The highest BCUT2D eigenvalue weighted by Crippen LogP contribution is 2.39. The van der Waals surface area contributed by atoms with E-state index in [1.807, 2.05) is 24.3 Å². The van der Waals surface area contributed by atoms with Gasteiger partial charge in [0.2, 0.25) is 5.88 Å². The minimum absolute atomic E-state index is 0.271. The van der Waals surface area contributed by atoms with Gasteiger partial charge in [-0.15, -0.1) is 10.2 Å². The Bertz CT molecular complexity index is 1640. The summed E-state index contributed by atoms with van der Waals surface area (Å²) in [5.74, 6) is 1.43. The van der Waals surface area contributed by atoms with Gasteiger partial charge in [0, 0.05) is 22.3 Å². The molecule has 3 heterocycles. The Kier molecular flexibility index (Phi) is 6.12.